The van der Waals surface area contributed by atoms with E-state index in [1.54, 1.807) is 12.1 Å². The Morgan fingerprint density at radius 2 is 1.78 bits per heavy atom. The van der Waals surface area contributed by atoms with E-state index in [-0.39, 0.29) is 16.3 Å². The number of H-pyrrole nitrogens is 1. The van der Waals surface area contributed by atoms with E-state index in [4.69, 9.17) is 5.26 Å². The molecule has 0 radical (unpaired) electrons. The Balaban J connectivity index is 2.54. The Morgan fingerprint density at radius 3 is 2.30 bits per heavy atom. The number of hydrogen-bond donors (Lipinski definition) is 2. The molecule has 1 aromatic carbocycles. The normalized spacial score (nSPS) is 12.0. The third kappa shape index (κ3) is 3.74. The monoisotopic (exact) mass is 341 g/mol. The maximum Gasteiger partial charge on any atom is 0.416 e. The molecule has 0 spiro atoms. The molecule has 23 heavy (non-hydrogen) atoms. The second-order valence-electron chi connectivity index (χ2n) is 6.02. The molecule has 0 unspecified atom stereocenters. The van der Waals surface area contributed by atoms with Crippen molar-refractivity contribution in [3.8, 4) is 6.07 Å². The van der Waals surface area contributed by atoms with Crippen molar-refractivity contribution < 1.29 is 13.2 Å². The summed E-state index contributed by atoms with van der Waals surface area (Å²) in [7, 11) is 0. The first-order chi connectivity index (χ1) is 10.5. The summed E-state index contributed by atoms with van der Waals surface area (Å²) in [6, 6.07) is 5.39. The Morgan fingerprint density at radius 1 is 1.17 bits per heavy atom. The first kappa shape index (κ1) is 17.1. The molecule has 0 aliphatic carbocycles. The highest BCUT2D eigenvalue weighted by Crippen LogP contribution is 2.36. The van der Waals surface area contributed by atoms with Gasteiger partial charge in [0.15, 0.2) is 5.56 Å². The zero-order chi connectivity index (χ0) is 17.4. The van der Waals surface area contributed by atoms with E-state index in [0.29, 0.717) is 5.56 Å². The number of nitrogens with one attached hydrogen (secondary N) is 2. The molecule has 2 rings (SSSR count). The van der Waals surface area contributed by atoms with Gasteiger partial charge in [0.05, 0.1) is 5.56 Å². The zero-order valence-electron chi connectivity index (χ0n) is 12.6. The van der Waals surface area contributed by atoms with Gasteiger partial charge in [-0.2, -0.15) is 18.4 Å². The lowest BCUT2D eigenvalue weighted by atomic mass is 9.85. The van der Waals surface area contributed by atoms with Crippen LogP contribution in [0.4, 0.5) is 23.9 Å². The van der Waals surface area contributed by atoms with E-state index < -0.39 is 22.7 Å². The first-order valence-electron chi connectivity index (χ1n) is 6.63. The molecule has 0 aliphatic heterocycles. The van der Waals surface area contributed by atoms with Crippen molar-refractivity contribution in [2.24, 2.45) is 0 Å². The number of hydrogen-bond acceptors (Lipinski definition) is 4. The highest BCUT2D eigenvalue weighted by molar-refractivity contribution is 7.10. The van der Waals surface area contributed by atoms with Crippen LogP contribution >= 0.6 is 11.5 Å². The number of anilines is 2. The molecule has 1 heterocycles. The molecule has 0 amide bonds. The molecular formula is C15H14F3N3OS. The van der Waals surface area contributed by atoms with Crippen molar-refractivity contribution in [2.75, 3.05) is 5.32 Å². The second kappa shape index (κ2) is 5.74. The van der Waals surface area contributed by atoms with E-state index in [9.17, 15) is 18.0 Å². The molecule has 8 heteroatoms. The van der Waals surface area contributed by atoms with Gasteiger partial charge < -0.3 is 5.32 Å². The van der Waals surface area contributed by atoms with Gasteiger partial charge in [0.1, 0.15) is 11.1 Å². The summed E-state index contributed by atoms with van der Waals surface area (Å²) in [6.45, 7) is 5.42. The summed E-state index contributed by atoms with van der Waals surface area (Å²) in [5, 5.41) is 11.9. The molecule has 2 aromatic rings. The minimum atomic E-state index is -4.49. The van der Waals surface area contributed by atoms with Crippen molar-refractivity contribution >= 4 is 22.2 Å². The first-order valence-corrected chi connectivity index (χ1v) is 7.45. The molecule has 1 aromatic heterocycles. The van der Waals surface area contributed by atoms with Gasteiger partial charge in [-0.15, -0.1) is 0 Å². The number of halogens is 3. The van der Waals surface area contributed by atoms with Crippen LogP contribution in [0.2, 0.25) is 0 Å². The minimum Gasteiger partial charge on any atom is -0.345 e. The van der Waals surface area contributed by atoms with Crippen LogP contribution in [-0.4, -0.2) is 4.37 Å². The van der Waals surface area contributed by atoms with Crippen LogP contribution in [0.5, 0.6) is 0 Å². The second-order valence-corrected chi connectivity index (χ2v) is 6.84. The molecule has 122 valence electrons. The smallest absolute Gasteiger partial charge is 0.345 e. The van der Waals surface area contributed by atoms with Crippen molar-refractivity contribution in [1.29, 1.82) is 5.26 Å². The summed E-state index contributed by atoms with van der Waals surface area (Å²) < 4.78 is 41.6. The summed E-state index contributed by atoms with van der Waals surface area (Å²) in [6.07, 6.45) is -4.49. The van der Waals surface area contributed by atoms with Crippen LogP contribution in [-0.2, 0) is 11.6 Å². The Kier molecular flexibility index (Phi) is 4.26. The highest BCUT2D eigenvalue weighted by atomic mass is 32.1. The van der Waals surface area contributed by atoms with E-state index in [1.165, 1.54) is 0 Å². The van der Waals surface area contributed by atoms with E-state index in [2.05, 4.69) is 9.69 Å². The maximum atomic E-state index is 13.1. The third-order valence-corrected chi connectivity index (χ3v) is 3.99. The number of nitrogens with zero attached hydrogens (tertiary/aromatic N) is 1. The van der Waals surface area contributed by atoms with Crippen LogP contribution in [0.3, 0.4) is 0 Å². The van der Waals surface area contributed by atoms with Crippen LogP contribution in [0.25, 0.3) is 0 Å². The summed E-state index contributed by atoms with van der Waals surface area (Å²) in [5.74, 6) is 0. The molecule has 0 fully saturated rings. The zero-order valence-corrected chi connectivity index (χ0v) is 13.4. The van der Waals surface area contributed by atoms with Gasteiger partial charge in [0.2, 0.25) is 0 Å². The standard InChI is InChI=1S/C15H14F3N3OS/c1-14(2,3)8-4-9(15(16,17)18)6-10(5-8)20-13-11(7-19)12(22)21-23-13/h4-6,20H,1-3H3,(H,21,22). The van der Waals surface area contributed by atoms with Crippen LogP contribution in [0, 0.1) is 11.3 Å². The topological polar surface area (TPSA) is 68.7 Å². The van der Waals surface area contributed by atoms with E-state index >= 15 is 0 Å². The third-order valence-electron chi connectivity index (χ3n) is 3.20. The Bertz CT molecular complexity index is 790. The van der Waals surface area contributed by atoms with Gasteiger partial charge in [-0.05, 0) is 40.7 Å². The lowest BCUT2D eigenvalue weighted by Gasteiger charge is -2.22. The summed E-state index contributed by atoms with van der Waals surface area (Å²) in [5.41, 5.74) is -1.31. The molecule has 0 saturated heterocycles. The van der Waals surface area contributed by atoms with Crippen molar-refractivity contribution in [3.05, 3.63) is 45.2 Å². The fourth-order valence-corrected chi connectivity index (χ4v) is 2.63. The van der Waals surface area contributed by atoms with E-state index in [0.717, 1.165) is 23.7 Å². The summed E-state index contributed by atoms with van der Waals surface area (Å²) >= 11 is 0.870. The van der Waals surface area contributed by atoms with Gasteiger partial charge in [-0.1, -0.05) is 20.8 Å². The average molecular weight is 341 g/mol. The van der Waals surface area contributed by atoms with Gasteiger partial charge in [-0.3, -0.25) is 9.17 Å². The lowest BCUT2D eigenvalue weighted by Crippen LogP contribution is -2.14. The number of benzene rings is 1. The number of aromatic amines is 1. The molecule has 0 bridgehead atoms. The molecule has 0 atom stereocenters. The molecular weight excluding hydrogens is 327 g/mol. The number of nitriles is 1. The van der Waals surface area contributed by atoms with Gasteiger partial charge in [0.25, 0.3) is 5.56 Å². The van der Waals surface area contributed by atoms with Crippen LogP contribution in [0.15, 0.2) is 23.0 Å². The minimum absolute atomic E-state index is 0.148. The predicted molar refractivity (Wildman–Crippen MR) is 83.1 cm³/mol. The van der Waals surface area contributed by atoms with Crippen molar-refractivity contribution in [2.45, 2.75) is 32.4 Å². The van der Waals surface area contributed by atoms with E-state index in [1.807, 2.05) is 20.8 Å². The molecule has 2 N–H and O–H groups in total. The molecule has 4 nitrogen and oxygen atoms in total. The largest absolute Gasteiger partial charge is 0.416 e. The lowest BCUT2D eigenvalue weighted by molar-refractivity contribution is -0.137. The number of alkyl halides is 3. The summed E-state index contributed by atoms with van der Waals surface area (Å²) in [4.78, 5) is 11.4. The van der Waals surface area contributed by atoms with Gasteiger partial charge >= 0.3 is 6.18 Å². The van der Waals surface area contributed by atoms with Crippen molar-refractivity contribution in [1.82, 2.24) is 4.37 Å². The Labute approximate surface area is 134 Å². The highest BCUT2D eigenvalue weighted by Gasteiger charge is 2.32. The van der Waals surface area contributed by atoms with Gasteiger partial charge in [-0.25, -0.2) is 0 Å². The number of aromatic nitrogens is 1. The molecule has 0 aliphatic rings. The average Bonchev–Trinajstić information content (AvgIpc) is 2.76. The van der Waals surface area contributed by atoms with Gasteiger partial charge in [0, 0.05) is 5.69 Å². The predicted octanol–water partition coefficient (Wildman–Crippen LogP) is 4.37. The Hall–Kier alpha value is -2.27. The quantitative estimate of drug-likeness (QED) is 0.852. The number of rotatable bonds is 2. The van der Waals surface area contributed by atoms with Crippen LogP contribution < -0.4 is 10.9 Å². The maximum absolute atomic E-state index is 13.1. The van der Waals surface area contributed by atoms with Crippen LogP contribution in [0.1, 0.15) is 37.5 Å². The molecule has 0 saturated carbocycles. The fourth-order valence-electron chi connectivity index (χ4n) is 1.92. The SMILES string of the molecule is CC(C)(C)c1cc(Nc2s[nH]c(=O)c2C#N)cc(C(F)(F)F)c1. The van der Waals surface area contributed by atoms with Crippen molar-refractivity contribution in [3.63, 3.8) is 0 Å². The fraction of sp³-hybridized carbons (Fsp3) is 0.333.